The van der Waals surface area contributed by atoms with Crippen LogP contribution in [0, 0.1) is 0 Å². The smallest absolute Gasteiger partial charge is 0.346 e. The monoisotopic (exact) mass is 438 g/mol. The van der Waals surface area contributed by atoms with Gasteiger partial charge in [0, 0.05) is 23.9 Å². The Bertz CT molecular complexity index is 1090. The van der Waals surface area contributed by atoms with Crippen LogP contribution in [0.15, 0.2) is 64.3 Å². The minimum atomic E-state index is -0.107. The molecule has 3 aromatic rings. The molecule has 1 aliphatic heterocycles. The van der Waals surface area contributed by atoms with Crippen LogP contribution in [-0.2, 0) is 24.3 Å². The molecule has 162 valence electrons. The van der Waals surface area contributed by atoms with Crippen LogP contribution in [0.25, 0.3) is 0 Å². The van der Waals surface area contributed by atoms with Gasteiger partial charge in [-0.1, -0.05) is 30.3 Å². The zero-order chi connectivity index (χ0) is 21.6. The summed E-state index contributed by atoms with van der Waals surface area (Å²) in [5.74, 6) is 1.95. The molecule has 0 bridgehead atoms. The molecule has 2 heterocycles. The second-order valence-electron chi connectivity index (χ2n) is 7.55. The van der Waals surface area contributed by atoms with Crippen LogP contribution in [0.5, 0.6) is 5.75 Å². The molecule has 1 unspecified atom stereocenters. The normalized spacial score (nSPS) is 15.7. The summed E-state index contributed by atoms with van der Waals surface area (Å²) < 4.78 is 8.51. The molecule has 31 heavy (non-hydrogen) atoms. The summed E-state index contributed by atoms with van der Waals surface area (Å²) in [6, 6.07) is 17.6. The Balaban J connectivity index is 1.34. The van der Waals surface area contributed by atoms with E-state index < -0.39 is 0 Å². The predicted molar refractivity (Wildman–Crippen MR) is 121 cm³/mol. The number of hydrogen-bond acceptors (Lipinski definition) is 5. The van der Waals surface area contributed by atoms with E-state index in [2.05, 4.69) is 10.4 Å². The maximum absolute atomic E-state index is 12.9. The van der Waals surface area contributed by atoms with E-state index >= 15 is 0 Å². The highest BCUT2D eigenvalue weighted by Gasteiger charge is 2.22. The van der Waals surface area contributed by atoms with Gasteiger partial charge in [0.05, 0.1) is 19.4 Å². The van der Waals surface area contributed by atoms with Crippen molar-refractivity contribution in [3.8, 4) is 5.75 Å². The van der Waals surface area contributed by atoms with Gasteiger partial charge in [0.2, 0.25) is 5.91 Å². The number of fused-ring (bicyclic) bond motifs is 1. The highest BCUT2D eigenvalue weighted by Crippen LogP contribution is 2.18. The van der Waals surface area contributed by atoms with Crippen LogP contribution in [-0.4, -0.2) is 39.2 Å². The van der Waals surface area contributed by atoms with E-state index in [1.807, 2.05) is 54.6 Å². The van der Waals surface area contributed by atoms with Crippen molar-refractivity contribution in [3.05, 3.63) is 76.5 Å². The first-order chi connectivity index (χ1) is 15.1. The Kier molecular flexibility index (Phi) is 6.76. The molecule has 7 nitrogen and oxygen atoms in total. The lowest BCUT2D eigenvalue weighted by atomic mass is 10.1. The molecular weight excluding hydrogens is 412 g/mol. The second-order valence-corrected chi connectivity index (χ2v) is 8.60. The molecular formula is C23H26N4O3S. The minimum Gasteiger partial charge on any atom is -0.497 e. The first kappa shape index (κ1) is 21.2. The lowest BCUT2D eigenvalue weighted by Crippen LogP contribution is -2.36. The molecule has 0 fully saturated rings. The third kappa shape index (κ3) is 5.38. The number of nitrogens with zero attached hydrogens (tertiary/aromatic N) is 3. The largest absolute Gasteiger partial charge is 0.497 e. The van der Waals surface area contributed by atoms with Crippen LogP contribution in [0.3, 0.4) is 0 Å². The van der Waals surface area contributed by atoms with Crippen molar-refractivity contribution in [1.82, 2.24) is 19.7 Å². The fraction of sp³-hybridized carbons (Fsp3) is 0.348. The highest BCUT2D eigenvalue weighted by molar-refractivity contribution is 8.00. The van der Waals surface area contributed by atoms with Gasteiger partial charge in [-0.15, -0.1) is 11.8 Å². The summed E-state index contributed by atoms with van der Waals surface area (Å²) in [7, 11) is 1.62. The van der Waals surface area contributed by atoms with Gasteiger partial charge in [0.25, 0.3) is 0 Å². The first-order valence-electron chi connectivity index (χ1n) is 10.4. The fourth-order valence-electron chi connectivity index (χ4n) is 3.75. The topological polar surface area (TPSA) is 78.2 Å². The van der Waals surface area contributed by atoms with Crippen molar-refractivity contribution in [3.63, 3.8) is 0 Å². The van der Waals surface area contributed by atoms with Crippen molar-refractivity contribution < 1.29 is 9.53 Å². The average Bonchev–Trinajstić information content (AvgIpc) is 2.95. The lowest BCUT2D eigenvalue weighted by molar-refractivity contribution is -0.119. The van der Waals surface area contributed by atoms with Gasteiger partial charge in [-0.05, 0) is 42.7 Å². The van der Waals surface area contributed by atoms with E-state index in [1.54, 1.807) is 11.7 Å². The van der Waals surface area contributed by atoms with E-state index in [9.17, 15) is 9.59 Å². The number of carbonyl (C=O) groups is 1. The van der Waals surface area contributed by atoms with Gasteiger partial charge >= 0.3 is 5.69 Å². The average molecular weight is 439 g/mol. The van der Waals surface area contributed by atoms with E-state index in [0.717, 1.165) is 34.9 Å². The number of carbonyl (C=O) groups excluding carboxylic acids is 1. The van der Waals surface area contributed by atoms with Gasteiger partial charge in [-0.3, -0.25) is 9.36 Å². The van der Waals surface area contributed by atoms with Crippen molar-refractivity contribution in [1.29, 1.82) is 0 Å². The maximum atomic E-state index is 12.9. The molecule has 1 atom stereocenters. The van der Waals surface area contributed by atoms with Gasteiger partial charge in [0.1, 0.15) is 11.6 Å². The number of benzene rings is 2. The molecule has 2 aromatic carbocycles. The molecule has 1 amide bonds. The highest BCUT2D eigenvalue weighted by atomic mass is 32.2. The molecule has 0 saturated heterocycles. The number of aromatic nitrogens is 3. The van der Waals surface area contributed by atoms with E-state index in [4.69, 9.17) is 4.74 Å². The maximum Gasteiger partial charge on any atom is 0.346 e. The van der Waals surface area contributed by atoms with E-state index in [0.29, 0.717) is 25.3 Å². The predicted octanol–water partition coefficient (Wildman–Crippen LogP) is 2.72. The van der Waals surface area contributed by atoms with Crippen LogP contribution < -0.4 is 15.7 Å². The Morgan fingerprint density at radius 2 is 2.03 bits per heavy atom. The van der Waals surface area contributed by atoms with Crippen molar-refractivity contribution in [2.24, 2.45) is 0 Å². The molecule has 0 saturated carbocycles. The SMILES string of the molecule is COc1cccc(Cn2nc3n(c2=O)CCC(NC(=O)CSc2ccccc2)CC3)c1. The molecule has 4 rings (SSSR count). The van der Waals surface area contributed by atoms with Crippen LogP contribution in [0.2, 0.25) is 0 Å². The first-order valence-corrected chi connectivity index (χ1v) is 11.4. The van der Waals surface area contributed by atoms with Crippen LogP contribution >= 0.6 is 11.8 Å². The van der Waals surface area contributed by atoms with Gasteiger partial charge in [-0.2, -0.15) is 5.10 Å². The summed E-state index contributed by atoms with van der Waals surface area (Å²) in [6.45, 7) is 0.968. The number of rotatable bonds is 7. The van der Waals surface area contributed by atoms with Gasteiger partial charge in [-0.25, -0.2) is 9.48 Å². The molecule has 1 aliphatic rings. The molecule has 8 heteroatoms. The summed E-state index contributed by atoms with van der Waals surface area (Å²) in [5, 5.41) is 7.68. The number of nitrogens with one attached hydrogen (secondary N) is 1. The van der Waals surface area contributed by atoms with E-state index in [-0.39, 0.29) is 17.6 Å². The van der Waals surface area contributed by atoms with E-state index in [1.165, 1.54) is 16.4 Å². The standard InChI is InChI=1S/C23H26N4O3S/c1-30-19-7-5-6-17(14-19)15-27-23(29)26-13-12-18(10-11-21(26)25-27)24-22(28)16-31-20-8-3-2-4-9-20/h2-9,14,18H,10-13,15-16H2,1H3,(H,24,28). The van der Waals surface area contributed by atoms with Crippen LogP contribution in [0.4, 0.5) is 0 Å². The Morgan fingerprint density at radius 1 is 1.19 bits per heavy atom. The molecule has 0 spiro atoms. The fourth-order valence-corrected chi connectivity index (χ4v) is 4.48. The summed E-state index contributed by atoms with van der Waals surface area (Å²) in [5.41, 5.74) is 0.861. The molecule has 0 aliphatic carbocycles. The summed E-state index contributed by atoms with van der Waals surface area (Å²) in [6.07, 6.45) is 2.16. The number of thioether (sulfide) groups is 1. The third-order valence-electron chi connectivity index (χ3n) is 5.36. The molecule has 1 N–H and O–H groups in total. The lowest BCUT2D eigenvalue weighted by Gasteiger charge is -2.16. The van der Waals surface area contributed by atoms with Crippen molar-refractivity contribution >= 4 is 17.7 Å². The number of aryl methyl sites for hydroxylation is 1. The van der Waals surface area contributed by atoms with Gasteiger partial charge < -0.3 is 10.1 Å². The van der Waals surface area contributed by atoms with Crippen molar-refractivity contribution in [2.75, 3.05) is 12.9 Å². The quantitative estimate of drug-likeness (QED) is 0.574. The zero-order valence-electron chi connectivity index (χ0n) is 17.5. The van der Waals surface area contributed by atoms with Crippen LogP contribution in [0.1, 0.15) is 24.2 Å². The second kappa shape index (κ2) is 9.87. The Hall–Kier alpha value is -3.00. The number of ether oxygens (including phenoxy) is 1. The zero-order valence-corrected chi connectivity index (χ0v) is 18.3. The Labute approximate surface area is 185 Å². The minimum absolute atomic E-state index is 0.0221. The number of amides is 1. The Morgan fingerprint density at radius 3 is 2.84 bits per heavy atom. The third-order valence-corrected chi connectivity index (χ3v) is 6.37. The number of methoxy groups -OCH3 is 1. The molecule has 1 aromatic heterocycles. The molecule has 0 radical (unpaired) electrons. The van der Waals surface area contributed by atoms with Gasteiger partial charge in [0.15, 0.2) is 0 Å². The number of hydrogen-bond donors (Lipinski definition) is 1. The summed E-state index contributed by atoms with van der Waals surface area (Å²) >= 11 is 1.53. The van der Waals surface area contributed by atoms with Crippen molar-refractivity contribution in [2.45, 2.75) is 43.3 Å². The summed E-state index contributed by atoms with van der Waals surface area (Å²) in [4.78, 5) is 26.3.